The van der Waals surface area contributed by atoms with Crippen molar-refractivity contribution in [2.45, 2.75) is 6.61 Å². The Morgan fingerprint density at radius 1 is 1.07 bits per heavy atom. The number of hydrogen-bond donors (Lipinski definition) is 6. The highest BCUT2D eigenvalue weighted by Gasteiger charge is 2.21. The second kappa shape index (κ2) is 10.5. The summed E-state index contributed by atoms with van der Waals surface area (Å²) in [5.41, 5.74) is 1.85. The smallest absolute Gasteiger partial charge is 0.407 e. The Bertz CT molecular complexity index is 971. The van der Waals surface area contributed by atoms with Crippen LogP contribution >= 0.6 is 0 Å². The Labute approximate surface area is 169 Å². The maximum Gasteiger partial charge on any atom is 0.407 e. The zero-order chi connectivity index (χ0) is 22.1. The first-order chi connectivity index (χ1) is 14.3. The van der Waals surface area contributed by atoms with Crippen molar-refractivity contribution in [3.63, 3.8) is 0 Å². The summed E-state index contributed by atoms with van der Waals surface area (Å²) in [6.07, 6.45) is -0.694. The van der Waals surface area contributed by atoms with Gasteiger partial charge in [-0.05, 0) is 17.7 Å². The molecular formula is C18H20N4O8. The molecule has 160 valence electrons. The largest absolute Gasteiger partial charge is 0.501 e. The first-order valence-corrected chi connectivity index (χ1v) is 8.62. The number of ether oxygens (including phenoxy) is 1. The maximum atomic E-state index is 12.0. The van der Waals surface area contributed by atoms with Crippen molar-refractivity contribution < 1.29 is 33.9 Å². The number of anilines is 1. The number of benzene rings is 1. The molecule has 1 aromatic carbocycles. The zero-order valence-corrected chi connectivity index (χ0v) is 15.9. The van der Waals surface area contributed by atoms with Crippen LogP contribution in [0.3, 0.4) is 0 Å². The van der Waals surface area contributed by atoms with Crippen molar-refractivity contribution in [3.8, 4) is 5.75 Å². The number of carbonyl (C=O) groups excluding carboxylic acids is 3. The van der Waals surface area contributed by atoms with Crippen molar-refractivity contribution in [2.75, 3.05) is 25.5 Å². The van der Waals surface area contributed by atoms with Gasteiger partial charge in [-0.2, -0.15) is 0 Å². The monoisotopic (exact) mass is 420 g/mol. The fourth-order valence-electron chi connectivity index (χ4n) is 2.20. The molecule has 0 aliphatic carbocycles. The van der Waals surface area contributed by atoms with Crippen molar-refractivity contribution in [2.24, 2.45) is 0 Å². The number of nitrogens with one attached hydrogen (secondary N) is 4. The molecule has 0 aliphatic heterocycles. The van der Waals surface area contributed by atoms with E-state index < -0.39 is 40.6 Å². The van der Waals surface area contributed by atoms with Gasteiger partial charge in [-0.15, -0.1) is 0 Å². The molecule has 0 fully saturated rings. The second-order valence-corrected chi connectivity index (χ2v) is 5.80. The van der Waals surface area contributed by atoms with Gasteiger partial charge >= 0.3 is 12.0 Å². The highest BCUT2D eigenvalue weighted by Crippen LogP contribution is 2.13. The van der Waals surface area contributed by atoms with Crippen LogP contribution in [-0.4, -0.2) is 48.4 Å². The van der Waals surface area contributed by atoms with Gasteiger partial charge in [0.25, 0.3) is 5.91 Å². The van der Waals surface area contributed by atoms with Gasteiger partial charge in [-0.25, -0.2) is 10.3 Å². The van der Waals surface area contributed by atoms with Gasteiger partial charge in [0.2, 0.25) is 16.9 Å². The predicted molar refractivity (Wildman–Crippen MR) is 102 cm³/mol. The Morgan fingerprint density at radius 3 is 2.37 bits per heavy atom. The molecule has 0 aliphatic rings. The Kier molecular flexibility index (Phi) is 7.76. The van der Waals surface area contributed by atoms with E-state index in [9.17, 15) is 24.3 Å². The van der Waals surface area contributed by atoms with Gasteiger partial charge < -0.3 is 30.2 Å². The number of alkyl carbamates (subject to hydrolysis) is 1. The number of carbonyl (C=O) groups is 3. The van der Waals surface area contributed by atoms with Gasteiger partial charge in [0.1, 0.15) is 6.61 Å². The van der Waals surface area contributed by atoms with Crippen LogP contribution in [0.4, 0.5) is 10.5 Å². The van der Waals surface area contributed by atoms with E-state index in [-0.39, 0.29) is 19.7 Å². The summed E-state index contributed by atoms with van der Waals surface area (Å²) in [7, 11) is 1.79. The topological polar surface area (TPSA) is 179 Å². The first kappa shape index (κ1) is 22.2. The van der Waals surface area contributed by atoms with E-state index in [2.05, 4.69) is 16.0 Å². The number of rotatable bonds is 8. The summed E-state index contributed by atoms with van der Waals surface area (Å²) in [5, 5.41) is 25.8. The maximum absolute atomic E-state index is 12.0. The van der Waals surface area contributed by atoms with E-state index in [0.29, 0.717) is 6.07 Å². The van der Waals surface area contributed by atoms with E-state index in [1.54, 1.807) is 19.2 Å². The molecule has 0 atom stereocenters. The third-order valence-electron chi connectivity index (χ3n) is 3.75. The number of aromatic hydroxyl groups is 1. The van der Waals surface area contributed by atoms with E-state index in [0.717, 1.165) is 11.3 Å². The lowest BCUT2D eigenvalue weighted by atomic mass is 10.2. The Morgan fingerprint density at radius 2 is 1.73 bits per heavy atom. The molecule has 0 bridgehead atoms. The van der Waals surface area contributed by atoms with Crippen LogP contribution < -0.4 is 26.9 Å². The van der Waals surface area contributed by atoms with Crippen LogP contribution in [0.5, 0.6) is 5.75 Å². The van der Waals surface area contributed by atoms with Gasteiger partial charge in [0.05, 0.1) is 0 Å². The first-order valence-electron chi connectivity index (χ1n) is 8.62. The average Bonchev–Trinajstić information content (AvgIpc) is 2.76. The van der Waals surface area contributed by atoms with Crippen LogP contribution in [0.1, 0.15) is 26.7 Å². The van der Waals surface area contributed by atoms with Gasteiger partial charge in [-0.1, -0.05) is 12.1 Å². The minimum absolute atomic E-state index is 0.00949. The van der Waals surface area contributed by atoms with Gasteiger partial charge in [-0.3, -0.25) is 19.6 Å². The molecule has 3 amide bonds. The molecule has 1 aromatic heterocycles. The molecule has 30 heavy (non-hydrogen) atoms. The molecular weight excluding hydrogens is 400 g/mol. The van der Waals surface area contributed by atoms with E-state index >= 15 is 0 Å². The van der Waals surface area contributed by atoms with Crippen LogP contribution in [0, 0.1) is 0 Å². The quantitative estimate of drug-likeness (QED) is 0.197. The van der Waals surface area contributed by atoms with Gasteiger partial charge in [0.15, 0.2) is 5.76 Å². The third-order valence-corrected chi connectivity index (χ3v) is 3.75. The lowest BCUT2D eigenvalue weighted by molar-refractivity contribution is 0.0663. The van der Waals surface area contributed by atoms with E-state index in [1.165, 1.54) is 5.48 Å². The van der Waals surface area contributed by atoms with Crippen molar-refractivity contribution in [1.82, 2.24) is 16.1 Å². The van der Waals surface area contributed by atoms with Crippen LogP contribution in [-0.2, 0) is 11.3 Å². The molecule has 12 heteroatoms. The molecule has 12 nitrogen and oxygen atoms in total. The summed E-state index contributed by atoms with van der Waals surface area (Å²) in [6.45, 7) is 0.0308. The third kappa shape index (κ3) is 5.97. The summed E-state index contributed by atoms with van der Waals surface area (Å²) in [4.78, 5) is 46.6. The normalized spacial score (nSPS) is 10.1. The predicted octanol–water partition coefficient (Wildman–Crippen LogP) is 0.162. The zero-order valence-electron chi connectivity index (χ0n) is 15.9. The van der Waals surface area contributed by atoms with Crippen LogP contribution in [0.2, 0.25) is 0 Å². The Balaban J connectivity index is 1.79. The van der Waals surface area contributed by atoms with Crippen LogP contribution in [0.25, 0.3) is 0 Å². The molecule has 0 unspecified atom stereocenters. The highest BCUT2D eigenvalue weighted by molar-refractivity contribution is 5.95. The molecule has 0 saturated carbocycles. The van der Waals surface area contributed by atoms with Crippen molar-refractivity contribution >= 4 is 23.6 Å². The molecule has 0 radical (unpaired) electrons. The van der Waals surface area contributed by atoms with Crippen molar-refractivity contribution in [1.29, 1.82) is 0 Å². The van der Waals surface area contributed by atoms with Crippen molar-refractivity contribution in [3.05, 3.63) is 57.6 Å². The minimum Gasteiger partial charge on any atom is -0.501 e. The number of hydroxylamine groups is 1. The average molecular weight is 420 g/mol. The fourth-order valence-corrected chi connectivity index (χ4v) is 2.20. The fraction of sp³-hybridized carbons (Fsp3) is 0.222. The molecule has 0 spiro atoms. The Hall–Kier alpha value is -4.06. The van der Waals surface area contributed by atoms with E-state index in [4.69, 9.17) is 14.4 Å². The van der Waals surface area contributed by atoms with Crippen LogP contribution in [0.15, 0.2) is 39.5 Å². The molecule has 1 heterocycles. The lowest BCUT2D eigenvalue weighted by Crippen LogP contribution is -2.35. The summed E-state index contributed by atoms with van der Waals surface area (Å²) >= 11 is 0. The van der Waals surface area contributed by atoms with E-state index in [1.807, 2.05) is 12.1 Å². The lowest BCUT2D eigenvalue weighted by Gasteiger charge is -2.09. The number of amides is 3. The molecule has 2 rings (SSSR count). The molecule has 2 aromatic rings. The summed E-state index contributed by atoms with van der Waals surface area (Å²) < 4.78 is 9.87. The molecule has 0 saturated heterocycles. The standard InChI is InChI=1S/C18H20N4O8/c1-19-11-4-2-10(3-5-11)9-29-18(27)21-7-6-20-16(25)13-8-12(23)14(24)15(30-13)17(26)22-28/h2-5,8,19,24,28H,6-7,9H2,1H3,(H,20,25)(H,21,27)(H,22,26). The SMILES string of the molecule is CNc1ccc(COC(=O)NCCNC(=O)c2cc(=O)c(O)c(C(=O)NO)o2)cc1. The second-order valence-electron chi connectivity index (χ2n) is 5.80. The summed E-state index contributed by atoms with van der Waals surface area (Å²) in [6, 6.07) is 7.96. The van der Waals surface area contributed by atoms with Gasteiger partial charge in [0, 0.05) is 31.9 Å². The number of hydrogen-bond acceptors (Lipinski definition) is 9. The summed E-state index contributed by atoms with van der Waals surface area (Å²) in [5.74, 6) is -4.71. The highest BCUT2D eigenvalue weighted by atomic mass is 16.5. The molecule has 6 N–H and O–H groups in total. The minimum atomic E-state index is -1.30.